The molecule has 2 aromatic heterocycles. The number of rotatable bonds is 4. The smallest absolute Gasteiger partial charge is 0.272 e. The van der Waals surface area contributed by atoms with Crippen LogP contribution in [-0.4, -0.2) is 45.1 Å². The molecule has 0 aliphatic carbocycles. The molecule has 1 amide bonds. The van der Waals surface area contributed by atoms with E-state index in [-0.39, 0.29) is 23.2 Å². The third kappa shape index (κ3) is 3.88. The summed E-state index contributed by atoms with van der Waals surface area (Å²) < 4.78 is 0. The molecule has 138 valence electrons. The van der Waals surface area contributed by atoms with Gasteiger partial charge in [0.25, 0.3) is 11.5 Å². The molecule has 4 rings (SSSR count). The van der Waals surface area contributed by atoms with Crippen molar-refractivity contribution in [3.8, 4) is 0 Å². The number of nitrogens with zero attached hydrogens (tertiary/aromatic N) is 3. The number of H-pyrrole nitrogens is 1. The molecule has 0 unspecified atom stereocenters. The molecule has 3 heterocycles. The molecule has 1 aliphatic heterocycles. The van der Waals surface area contributed by atoms with Crippen LogP contribution in [0.2, 0.25) is 0 Å². The number of likely N-dealkylation sites (tertiary alicyclic amines) is 1. The van der Waals surface area contributed by atoms with Gasteiger partial charge in [-0.25, -0.2) is 5.10 Å². The normalized spacial score (nSPS) is 15.7. The Balaban J connectivity index is 1.39. The van der Waals surface area contributed by atoms with Crippen molar-refractivity contribution in [1.29, 1.82) is 0 Å². The number of aromatic nitrogens is 3. The van der Waals surface area contributed by atoms with E-state index in [9.17, 15) is 9.59 Å². The van der Waals surface area contributed by atoms with E-state index in [2.05, 4.69) is 31.5 Å². The Labute approximate surface area is 156 Å². The summed E-state index contributed by atoms with van der Waals surface area (Å²) in [5, 5.41) is 10.5. The van der Waals surface area contributed by atoms with Crippen LogP contribution < -0.4 is 10.9 Å². The quantitative estimate of drug-likeness (QED) is 0.736. The molecular formula is C20H21N5O2. The van der Waals surface area contributed by atoms with E-state index in [0.29, 0.717) is 10.8 Å². The monoisotopic (exact) mass is 363 g/mol. The molecule has 0 spiro atoms. The van der Waals surface area contributed by atoms with Crippen LogP contribution in [0.3, 0.4) is 0 Å². The van der Waals surface area contributed by atoms with Crippen molar-refractivity contribution in [2.24, 2.45) is 0 Å². The van der Waals surface area contributed by atoms with E-state index in [1.165, 1.54) is 5.56 Å². The van der Waals surface area contributed by atoms with Crippen molar-refractivity contribution in [2.45, 2.75) is 25.4 Å². The van der Waals surface area contributed by atoms with Crippen LogP contribution in [0.1, 0.15) is 28.9 Å². The lowest BCUT2D eigenvalue weighted by atomic mass is 10.0. The van der Waals surface area contributed by atoms with Gasteiger partial charge in [-0.3, -0.25) is 19.5 Å². The molecule has 27 heavy (non-hydrogen) atoms. The Morgan fingerprint density at radius 1 is 1.15 bits per heavy atom. The van der Waals surface area contributed by atoms with Crippen molar-refractivity contribution in [2.75, 3.05) is 13.1 Å². The second kappa shape index (κ2) is 7.67. The van der Waals surface area contributed by atoms with Gasteiger partial charge in [0.15, 0.2) is 5.69 Å². The van der Waals surface area contributed by atoms with E-state index in [0.717, 1.165) is 32.5 Å². The summed E-state index contributed by atoms with van der Waals surface area (Å²) in [5.74, 6) is -0.242. The number of amides is 1. The molecular weight excluding hydrogens is 342 g/mol. The molecule has 7 nitrogen and oxygen atoms in total. The maximum Gasteiger partial charge on any atom is 0.272 e. The number of hydrogen-bond donors (Lipinski definition) is 2. The van der Waals surface area contributed by atoms with Crippen LogP contribution in [0.5, 0.6) is 0 Å². The van der Waals surface area contributed by atoms with Gasteiger partial charge in [0, 0.05) is 43.5 Å². The van der Waals surface area contributed by atoms with Crippen molar-refractivity contribution in [3.63, 3.8) is 0 Å². The SMILES string of the molecule is O=C(NC1CCN(Cc2cccnc2)CC1)c1n[nH]c(=O)c2ccccc12. The molecule has 0 saturated carbocycles. The molecule has 0 radical (unpaired) electrons. The van der Waals surface area contributed by atoms with Gasteiger partial charge in [0.1, 0.15) is 0 Å². The van der Waals surface area contributed by atoms with Gasteiger partial charge in [-0.1, -0.05) is 24.3 Å². The molecule has 0 bridgehead atoms. The van der Waals surface area contributed by atoms with Crippen LogP contribution >= 0.6 is 0 Å². The summed E-state index contributed by atoms with van der Waals surface area (Å²) >= 11 is 0. The maximum absolute atomic E-state index is 12.7. The summed E-state index contributed by atoms with van der Waals surface area (Å²) in [7, 11) is 0. The van der Waals surface area contributed by atoms with E-state index >= 15 is 0 Å². The fourth-order valence-corrected chi connectivity index (χ4v) is 3.53. The highest BCUT2D eigenvalue weighted by Gasteiger charge is 2.23. The van der Waals surface area contributed by atoms with Gasteiger partial charge in [-0.05, 0) is 30.5 Å². The lowest BCUT2D eigenvalue weighted by Crippen LogP contribution is -2.44. The first kappa shape index (κ1) is 17.4. The number of fused-ring (bicyclic) bond motifs is 1. The van der Waals surface area contributed by atoms with Gasteiger partial charge >= 0.3 is 0 Å². The minimum atomic E-state index is -0.286. The number of nitrogens with one attached hydrogen (secondary N) is 2. The Morgan fingerprint density at radius 2 is 1.93 bits per heavy atom. The maximum atomic E-state index is 12.7. The van der Waals surface area contributed by atoms with Crippen LogP contribution in [0.15, 0.2) is 53.6 Å². The molecule has 3 aromatic rings. The average Bonchev–Trinajstić information content (AvgIpc) is 2.71. The van der Waals surface area contributed by atoms with Crippen molar-refractivity contribution < 1.29 is 4.79 Å². The number of benzene rings is 1. The zero-order valence-electron chi connectivity index (χ0n) is 14.9. The zero-order chi connectivity index (χ0) is 18.6. The Kier molecular flexibility index (Phi) is 4.93. The topological polar surface area (TPSA) is 91.0 Å². The lowest BCUT2D eigenvalue weighted by Gasteiger charge is -2.32. The van der Waals surface area contributed by atoms with Gasteiger partial charge in [0.05, 0.1) is 5.39 Å². The summed E-state index contributed by atoms with van der Waals surface area (Å²) in [6.07, 6.45) is 5.43. The highest BCUT2D eigenvalue weighted by Crippen LogP contribution is 2.16. The minimum Gasteiger partial charge on any atom is -0.348 e. The first-order chi connectivity index (χ1) is 13.2. The van der Waals surface area contributed by atoms with Crippen LogP contribution in [0.25, 0.3) is 10.8 Å². The van der Waals surface area contributed by atoms with E-state index in [4.69, 9.17) is 0 Å². The predicted molar refractivity (Wildman–Crippen MR) is 102 cm³/mol. The molecule has 0 atom stereocenters. The number of carbonyl (C=O) groups is 1. The highest BCUT2D eigenvalue weighted by molar-refractivity contribution is 6.04. The third-order valence-corrected chi connectivity index (χ3v) is 4.96. The fraction of sp³-hybridized carbons (Fsp3) is 0.300. The number of aromatic amines is 1. The number of carbonyl (C=O) groups excluding carboxylic acids is 1. The number of pyridine rings is 1. The van der Waals surface area contributed by atoms with Crippen molar-refractivity contribution in [1.82, 2.24) is 25.4 Å². The number of hydrogen-bond acceptors (Lipinski definition) is 5. The predicted octanol–water partition coefficient (Wildman–Crippen LogP) is 1.71. The molecule has 1 aromatic carbocycles. The van der Waals surface area contributed by atoms with E-state index < -0.39 is 0 Å². The van der Waals surface area contributed by atoms with Crippen molar-refractivity contribution in [3.05, 3.63) is 70.4 Å². The lowest BCUT2D eigenvalue weighted by molar-refractivity contribution is 0.0904. The zero-order valence-corrected chi connectivity index (χ0v) is 14.9. The Bertz CT molecular complexity index is 994. The summed E-state index contributed by atoms with van der Waals surface area (Å²) in [5.41, 5.74) is 1.18. The summed E-state index contributed by atoms with van der Waals surface area (Å²) in [6.45, 7) is 2.71. The van der Waals surface area contributed by atoms with Crippen LogP contribution in [0, 0.1) is 0 Å². The third-order valence-electron chi connectivity index (χ3n) is 4.96. The fourth-order valence-electron chi connectivity index (χ4n) is 3.53. The van der Waals surface area contributed by atoms with E-state index in [1.807, 2.05) is 12.3 Å². The van der Waals surface area contributed by atoms with Gasteiger partial charge in [-0.15, -0.1) is 0 Å². The largest absolute Gasteiger partial charge is 0.348 e. The van der Waals surface area contributed by atoms with Gasteiger partial charge < -0.3 is 5.32 Å². The van der Waals surface area contributed by atoms with Crippen LogP contribution in [0.4, 0.5) is 0 Å². The average molecular weight is 363 g/mol. The Morgan fingerprint density at radius 3 is 2.67 bits per heavy atom. The minimum absolute atomic E-state index is 0.107. The van der Waals surface area contributed by atoms with E-state index in [1.54, 1.807) is 30.5 Å². The molecule has 1 fully saturated rings. The highest BCUT2D eigenvalue weighted by atomic mass is 16.2. The molecule has 2 N–H and O–H groups in total. The summed E-state index contributed by atoms with van der Waals surface area (Å²) in [4.78, 5) is 31.1. The first-order valence-electron chi connectivity index (χ1n) is 9.10. The number of piperidine rings is 1. The van der Waals surface area contributed by atoms with Gasteiger partial charge in [0.2, 0.25) is 0 Å². The van der Waals surface area contributed by atoms with Crippen LogP contribution in [-0.2, 0) is 6.54 Å². The Hall–Kier alpha value is -3.06. The molecule has 1 saturated heterocycles. The summed E-state index contributed by atoms with van der Waals surface area (Å²) in [6, 6.07) is 11.2. The standard InChI is InChI=1S/C20H21N5O2/c26-19-17-6-2-1-5-16(17)18(23-24-19)20(27)22-15-7-10-25(11-8-15)13-14-4-3-9-21-12-14/h1-6,9,12,15H,7-8,10-11,13H2,(H,22,27)(H,24,26). The molecule has 1 aliphatic rings. The first-order valence-corrected chi connectivity index (χ1v) is 9.10. The molecule has 7 heteroatoms. The second-order valence-corrected chi connectivity index (χ2v) is 6.83. The van der Waals surface area contributed by atoms with Crippen molar-refractivity contribution >= 4 is 16.7 Å². The van der Waals surface area contributed by atoms with Gasteiger partial charge in [-0.2, -0.15) is 5.10 Å². The second-order valence-electron chi connectivity index (χ2n) is 6.83.